The second-order valence-electron chi connectivity index (χ2n) is 5.19. The Hall–Kier alpha value is -0.860. The Morgan fingerprint density at radius 2 is 2.06 bits per heavy atom. The third-order valence-corrected chi connectivity index (χ3v) is 3.76. The monoisotopic (exact) mass is 221 g/mol. The molecular formula is C13H23N3. The van der Waals surface area contributed by atoms with Crippen molar-refractivity contribution in [1.82, 2.24) is 15.2 Å². The van der Waals surface area contributed by atoms with E-state index in [-0.39, 0.29) is 0 Å². The largest absolute Gasteiger partial charge is 0.263 e. The number of hydrogen-bond donors (Lipinski definition) is 1. The molecule has 0 bridgehead atoms. The topological polar surface area (TPSA) is 41.6 Å². The summed E-state index contributed by atoms with van der Waals surface area (Å²) in [5.74, 6) is 3.47. The number of nitrogens with one attached hydrogen (secondary N) is 1. The second-order valence-corrected chi connectivity index (χ2v) is 5.19. The maximum absolute atomic E-state index is 4.66. The lowest BCUT2D eigenvalue weighted by atomic mass is 9.89. The minimum Gasteiger partial charge on any atom is -0.263 e. The molecule has 0 saturated heterocycles. The number of aromatic amines is 1. The Labute approximate surface area is 98.1 Å². The molecule has 90 valence electrons. The van der Waals surface area contributed by atoms with Crippen molar-refractivity contribution < 1.29 is 0 Å². The summed E-state index contributed by atoms with van der Waals surface area (Å²) in [6.07, 6.45) is 8.89. The highest BCUT2D eigenvalue weighted by Crippen LogP contribution is 2.30. The quantitative estimate of drug-likeness (QED) is 0.846. The Morgan fingerprint density at radius 3 is 2.75 bits per heavy atom. The zero-order valence-electron chi connectivity index (χ0n) is 10.5. The third-order valence-electron chi connectivity index (χ3n) is 3.76. The van der Waals surface area contributed by atoms with Crippen LogP contribution >= 0.6 is 0 Å². The van der Waals surface area contributed by atoms with Crippen molar-refractivity contribution in [2.24, 2.45) is 5.92 Å². The highest BCUT2D eigenvalue weighted by Gasteiger charge is 2.19. The summed E-state index contributed by atoms with van der Waals surface area (Å²) in [5, 5.41) is 7.50. The fourth-order valence-corrected chi connectivity index (χ4v) is 2.42. The molecule has 0 amide bonds. The molecule has 0 spiro atoms. The average Bonchev–Trinajstić information content (AvgIpc) is 2.78. The van der Waals surface area contributed by atoms with Crippen molar-refractivity contribution in [3.8, 4) is 0 Å². The minimum absolute atomic E-state index is 0.621. The molecule has 1 aliphatic carbocycles. The van der Waals surface area contributed by atoms with Crippen LogP contribution in [0.1, 0.15) is 69.9 Å². The summed E-state index contributed by atoms with van der Waals surface area (Å²) in [6.45, 7) is 4.49. The lowest BCUT2D eigenvalue weighted by Crippen LogP contribution is -2.06. The van der Waals surface area contributed by atoms with E-state index < -0.39 is 0 Å². The Morgan fingerprint density at radius 1 is 1.31 bits per heavy atom. The standard InChI is InChI=1S/C13H23N3/c1-3-10(2)9-12-14-13(16-15-12)11-7-5-4-6-8-11/h10-11H,3-9H2,1-2H3,(H,14,15,16). The number of rotatable bonds is 4. The molecule has 3 heteroatoms. The Balaban J connectivity index is 1.95. The van der Waals surface area contributed by atoms with Crippen molar-refractivity contribution in [3.05, 3.63) is 11.6 Å². The summed E-state index contributed by atoms with van der Waals surface area (Å²) < 4.78 is 0. The number of nitrogens with zero attached hydrogens (tertiary/aromatic N) is 2. The Kier molecular flexibility index (Phi) is 3.97. The van der Waals surface area contributed by atoms with Crippen molar-refractivity contribution in [2.75, 3.05) is 0 Å². The summed E-state index contributed by atoms with van der Waals surface area (Å²) in [5.41, 5.74) is 0. The fraction of sp³-hybridized carbons (Fsp3) is 0.846. The molecule has 3 nitrogen and oxygen atoms in total. The first-order valence-electron chi connectivity index (χ1n) is 6.70. The number of aromatic nitrogens is 3. The maximum Gasteiger partial charge on any atom is 0.153 e. The molecular weight excluding hydrogens is 198 g/mol. The van der Waals surface area contributed by atoms with Crippen LogP contribution in [-0.4, -0.2) is 15.2 Å². The van der Waals surface area contributed by atoms with Gasteiger partial charge in [-0.05, 0) is 18.8 Å². The summed E-state index contributed by atoms with van der Waals surface area (Å²) in [4.78, 5) is 4.66. The van der Waals surface area contributed by atoms with Crippen LogP contribution in [0.25, 0.3) is 0 Å². The van der Waals surface area contributed by atoms with Crippen molar-refractivity contribution in [1.29, 1.82) is 0 Å². The zero-order chi connectivity index (χ0) is 11.4. The van der Waals surface area contributed by atoms with E-state index in [9.17, 15) is 0 Å². The highest BCUT2D eigenvalue weighted by molar-refractivity contribution is 4.99. The first-order chi connectivity index (χ1) is 7.79. The van der Waals surface area contributed by atoms with E-state index in [1.165, 1.54) is 38.5 Å². The molecule has 1 heterocycles. The normalized spacial score (nSPS) is 19.9. The van der Waals surface area contributed by atoms with Gasteiger partial charge in [-0.15, -0.1) is 0 Å². The predicted octanol–water partition coefficient (Wildman–Crippen LogP) is 3.44. The van der Waals surface area contributed by atoms with E-state index in [1.807, 2.05) is 0 Å². The van der Waals surface area contributed by atoms with Gasteiger partial charge in [0.15, 0.2) is 5.82 Å². The van der Waals surface area contributed by atoms with Crippen molar-refractivity contribution in [3.63, 3.8) is 0 Å². The second kappa shape index (κ2) is 5.46. The van der Waals surface area contributed by atoms with E-state index in [0.29, 0.717) is 11.8 Å². The summed E-state index contributed by atoms with van der Waals surface area (Å²) in [7, 11) is 0. The van der Waals surface area contributed by atoms with Crippen LogP contribution in [0.5, 0.6) is 0 Å². The van der Waals surface area contributed by atoms with Crippen molar-refractivity contribution in [2.45, 2.75) is 64.7 Å². The third kappa shape index (κ3) is 2.83. The SMILES string of the molecule is CCC(C)Cc1nc(C2CCCCC2)n[nH]1. The van der Waals surface area contributed by atoms with Gasteiger partial charge in [0.1, 0.15) is 5.82 Å². The van der Waals surface area contributed by atoms with Gasteiger partial charge in [-0.2, -0.15) is 5.10 Å². The molecule has 1 N–H and O–H groups in total. The van der Waals surface area contributed by atoms with Gasteiger partial charge in [0.2, 0.25) is 0 Å². The lowest BCUT2D eigenvalue weighted by Gasteiger charge is -2.18. The smallest absolute Gasteiger partial charge is 0.153 e. The zero-order valence-corrected chi connectivity index (χ0v) is 10.5. The molecule has 0 radical (unpaired) electrons. The number of hydrogen-bond acceptors (Lipinski definition) is 2. The van der Waals surface area contributed by atoms with Crippen molar-refractivity contribution >= 4 is 0 Å². The van der Waals surface area contributed by atoms with Crippen LogP contribution in [0, 0.1) is 5.92 Å². The van der Waals surface area contributed by atoms with Gasteiger partial charge in [-0.25, -0.2) is 4.98 Å². The average molecular weight is 221 g/mol. The highest BCUT2D eigenvalue weighted by atomic mass is 15.2. The van der Waals surface area contributed by atoms with Crippen LogP contribution in [0.2, 0.25) is 0 Å². The van der Waals surface area contributed by atoms with Gasteiger partial charge in [0, 0.05) is 12.3 Å². The maximum atomic E-state index is 4.66. The van der Waals surface area contributed by atoms with Crippen LogP contribution in [-0.2, 0) is 6.42 Å². The van der Waals surface area contributed by atoms with E-state index in [4.69, 9.17) is 0 Å². The van der Waals surface area contributed by atoms with Gasteiger partial charge in [-0.1, -0.05) is 39.5 Å². The lowest BCUT2D eigenvalue weighted by molar-refractivity contribution is 0.429. The fourth-order valence-electron chi connectivity index (χ4n) is 2.42. The molecule has 1 unspecified atom stereocenters. The molecule has 1 aromatic rings. The van der Waals surface area contributed by atoms with E-state index in [1.54, 1.807) is 0 Å². The van der Waals surface area contributed by atoms with E-state index in [2.05, 4.69) is 29.0 Å². The van der Waals surface area contributed by atoms with Crippen LogP contribution in [0.3, 0.4) is 0 Å². The van der Waals surface area contributed by atoms with Crippen LogP contribution in [0.4, 0.5) is 0 Å². The number of H-pyrrole nitrogens is 1. The van der Waals surface area contributed by atoms with Gasteiger partial charge in [0.25, 0.3) is 0 Å². The molecule has 0 aromatic carbocycles. The molecule has 1 atom stereocenters. The van der Waals surface area contributed by atoms with Crippen LogP contribution < -0.4 is 0 Å². The molecule has 16 heavy (non-hydrogen) atoms. The summed E-state index contributed by atoms with van der Waals surface area (Å²) >= 11 is 0. The first-order valence-corrected chi connectivity index (χ1v) is 6.70. The van der Waals surface area contributed by atoms with E-state index in [0.717, 1.165) is 18.1 Å². The van der Waals surface area contributed by atoms with Gasteiger partial charge < -0.3 is 0 Å². The van der Waals surface area contributed by atoms with Gasteiger partial charge in [0.05, 0.1) is 0 Å². The Bertz CT molecular complexity index is 313. The molecule has 1 saturated carbocycles. The predicted molar refractivity (Wildman–Crippen MR) is 65.4 cm³/mol. The molecule has 0 aliphatic heterocycles. The molecule has 1 fully saturated rings. The minimum atomic E-state index is 0.621. The van der Waals surface area contributed by atoms with Crippen LogP contribution in [0.15, 0.2) is 0 Å². The van der Waals surface area contributed by atoms with E-state index >= 15 is 0 Å². The first kappa shape index (κ1) is 11.6. The molecule has 2 rings (SSSR count). The molecule has 1 aliphatic rings. The van der Waals surface area contributed by atoms with Gasteiger partial charge in [-0.3, -0.25) is 5.10 Å². The van der Waals surface area contributed by atoms with Gasteiger partial charge >= 0.3 is 0 Å². The summed E-state index contributed by atoms with van der Waals surface area (Å²) in [6, 6.07) is 0. The molecule has 1 aromatic heterocycles.